The van der Waals surface area contributed by atoms with Crippen molar-refractivity contribution in [1.29, 1.82) is 0 Å². The number of aryl methyl sites for hydroxylation is 1. The number of fused-ring (bicyclic) bond motifs is 1. The van der Waals surface area contributed by atoms with Gasteiger partial charge in [0.05, 0.1) is 16.3 Å². The Morgan fingerprint density at radius 3 is 2.60 bits per heavy atom. The van der Waals surface area contributed by atoms with Crippen molar-refractivity contribution < 1.29 is 13.2 Å². The molecule has 2 aliphatic rings. The molecule has 2 aliphatic heterocycles. The van der Waals surface area contributed by atoms with Crippen LogP contribution in [0.25, 0.3) is 11.0 Å². The SMILES string of the molecule is CCCn1nnc2cc(S(=O)(=O)N3CCCC(C(=O)N4CCCCCC4)C3)ccc21. The number of hydrogen-bond acceptors (Lipinski definition) is 5. The highest BCUT2D eigenvalue weighted by Crippen LogP contribution is 2.27. The molecule has 8 nitrogen and oxygen atoms in total. The van der Waals surface area contributed by atoms with E-state index in [4.69, 9.17) is 0 Å². The van der Waals surface area contributed by atoms with Gasteiger partial charge in [0.15, 0.2) is 0 Å². The zero-order valence-corrected chi connectivity index (χ0v) is 18.5. The number of amides is 1. The van der Waals surface area contributed by atoms with E-state index in [9.17, 15) is 13.2 Å². The summed E-state index contributed by atoms with van der Waals surface area (Å²) < 4.78 is 29.9. The van der Waals surface area contributed by atoms with Crippen molar-refractivity contribution in [2.75, 3.05) is 26.2 Å². The summed E-state index contributed by atoms with van der Waals surface area (Å²) in [7, 11) is -3.68. The molecule has 0 spiro atoms. The second kappa shape index (κ2) is 9.01. The third-order valence-corrected chi connectivity index (χ3v) is 8.07. The Kier molecular flexibility index (Phi) is 6.38. The van der Waals surface area contributed by atoms with Crippen LogP contribution in [-0.4, -0.2) is 64.7 Å². The zero-order chi connectivity index (χ0) is 21.1. The number of carbonyl (C=O) groups excluding carboxylic acids is 1. The maximum absolute atomic E-state index is 13.3. The van der Waals surface area contributed by atoms with Crippen molar-refractivity contribution in [2.24, 2.45) is 5.92 Å². The van der Waals surface area contributed by atoms with Gasteiger partial charge in [0.2, 0.25) is 15.9 Å². The Balaban J connectivity index is 1.52. The molecule has 0 N–H and O–H groups in total. The van der Waals surface area contributed by atoms with Crippen LogP contribution in [0, 0.1) is 5.92 Å². The summed E-state index contributed by atoms with van der Waals surface area (Å²) >= 11 is 0. The van der Waals surface area contributed by atoms with E-state index in [0.717, 1.165) is 50.8 Å². The highest BCUT2D eigenvalue weighted by molar-refractivity contribution is 7.89. The lowest BCUT2D eigenvalue weighted by molar-refractivity contribution is -0.136. The lowest BCUT2D eigenvalue weighted by Gasteiger charge is -2.34. The summed E-state index contributed by atoms with van der Waals surface area (Å²) in [4.78, 5) is 15.2. The van der Waals surface area contributed by atoms with Gasteiger partial charge in [0.25, 0.3) is 0 Å². The van der Waals surface area contributed by atoms with Gasteiger partial charge >= 0.3 is 0 Å². The number of aromatic nitrogens is 3. The van der Waals surface area contributed by atoms with Gasteiger partial charge in [0.1, 0.15) is 5.52 Å². The van der Waals surface area contributed by atoms with Crippen LogP contribution >= 0.6 is 0 Å². The van der Waals surface area contributed by atoms with Crippen LogP contribution in [0.2, 0.25) is 0 Å². The minimum absolute atomic E-state index is 0.120. The average molecular weight is 434 g/mol. The standard InChI is InChI=1S/C21H31N5O3S/c1-2-11-26-20-10-9-18(15-19(20)22-23-26)30(28,29)25-14-7-8-17(16-25)21(27)24-12-5-3-4-6-13-24/h9-10,15,17H,2-8,11-14,16H2,1H3. The van der Waals surface area contributed by atoms with Crippen molar-refractivity contribution in [3.8, 4) is 0 Å². The molecule has 2 aromatic rings. The Morgan fingerprint density at radius 1 is 1.10 bits per heavy atom. The lowest BCUT2D eigenvalue weighted by Crippen LogP contribution is -2.46. The number of carbonyl (C=O) groups is 1. The van der Waals surface area contributed by atoms with E-state index < -0.39 is 10.0 Å². The zero-order valence-electron chi connectivity index (χ0n) is 17.7. The maximum atomic E-state index is 13.3. The molecule has 1 unspecified atom stereocenters. The molecule has 3 heterocycles. The quantitative estimate of drug-likeness (QED) is 0.723. The van der Waals surface area contributed by atoms with Gasteiger partial charge in [-0.2, -0.15) is 4.31 Å². The molecule has 0 bridgehead atoms. The first-order valence-electron chi connectivity index (χ1n) is 11.1. The van der Waals surface area contributed by atoms with Crippen molar-refractivity contribution in [3.63, 3.8) is 0 Å². The Hall–Kier alpha value is -2.00. The molecule has 30 heavy (non-hydrogen) atoms. The van der Waals surface area contributed by atoms with Crippen LogP contribution < -0.4 is 0 Å². The number of sulfonamides is 1. The van der Waals surface area contributed by atoms with Gasteiger partial charge < -0.3 is 4.90 Å². The Bertz CT molecular complexity index is 995. The molecular formula is C21H31N5O3S. The number of benzene rings is 1. The number of nitrogens with zero attached hydrogens (tertiary/aromatic N) is 5. The monoisotopic (exact) mass is 433 g/mol. The van der Waals surface area contributed by atoms with Gasteiger partial charge in [-0.1, -0.05) is 25.0 Å². The summed E-state index contributed by atoms with van der Waals surface area (Å²) in [6, 6.07) is 5.01. The Labute approximate surface area is 178 Å². The molecule has 9 heteroatoms. The number of piperidine rings is 1. The highest BCUT2D eigenvalue weighted by Gasteiger charge is 2.35. The molecule has 0 aliphatic carbocycles. The first-order valence-corrected chi connectivity index (χ1v) is 12.6. The lowest BCUT2D eigenvalue weighted by atomic mass is 9.98. The van der Waals surface area contributed by atoms with E-state index in [1.807, 2.05) is 4.90 Å². The van der Waals surface area contributed by atoms with Crippen molar-refractivity contribution >= 4 is 27.0 Å². The van der Waals surface area contributed by atoms with Crippen LogP contribution in [0.5, 0.6) is 0 Å². The normalized spacial score (nSPS) is 21.6. The topological polar surface area (TPSA) is 88.4 Å². The fourth-order valence-electron chi connectivity index (χ4n) is 4.55. The van der Waals surface area contributed by atoms with E-state index in [1.165, 1.54) is 17.1 Å². The van der Waals surface area contributed by atoms with Crippen LogP contribution in [0.3, 0.4) is 0 Å². The van der Waals surface area contributed by atoms with E-state index in [1.54, 1.807) is 22.9 Å². The number of hydrogen-bond donors (Lipinski definition) is 0. The predicted octanol–water partition coefficient (Wildman–Crippen LogP) is 2.64. The molecule has 1 amide bonds. The molecule has 1 aromatic heterocycles. The highest BCUT2D eigenvalue weighted by atomic mass is 32.2. The minimum Gasteiger partial charge on any atom is -0.342 e. The molecule has 2 fully saturated rings. The number of likely N-dealkylation sites (tertiary alicyclic amines) is 1. The van der Waals surface area contributed by atoms with E-state index >= 15 is 0 Å². The van der Waals surface area contributed by atoms with Gasteiger partial charge in [0, 0.05) is 32.7 Å². The fourth-order valence-corrected chi connectivity index (χ4v) is 6.09. The largest absolute Gasteiger partial charge is 0.342 e. The third-order valence-electron chi connectivity index (χ3n) is 6.21. The van der Waals surface area contributed by atoms with Crippen molar-refractivity contribution in [1.82, 2.24) is 24.2 Å². The summed E-state index contributed by atoms with van der Waals surface area (Å²) in [6.45, 7) is 5.12. The summed E-state index contributed by atoms with van der Waals surface area (Å²) in [5, 5.41) is 8.26. The second-order valence-electron chi connectivity index (χ2n) is 8.40. The van der Waals surface area contributed by atoms with E-state index in [-0.39, 0.29) is 23.3 Å². The van der Waals surface area contributed by atoms with Gasteiger partial charge in [-0.15, -0.1) is 5.10 Å². The van der Waals surface area contributed by atoms with Crippen molar-refractivity contribution in [2.45, 2.75) is 63.3 Å². The Morgan fingerprint density at radius 2 is 1.87 bits per heavy atom. The first-order chi connectivity index (χ1) is 14.5. The molecule has 1 atom stereocenters. The van der Waals surface area contributed by atoms with E-state index in [2.05, 4.69) is 17.2 Å². The van der Waals surface area contributed by atoms with Crippen molar-refractivity contribution in [3.05, 3.63) is 18.2 Å². The molecular weight excluding hydrogens is 402 g/mol. The number of rotatable bonds is 5. The predicted molar refractivity (Wildman–Crippen MR) is 114 cm³/mol. The summed E-state index contributed by atoms with van der Waals surface area (Å²) in [6.07, 6.45) is 6.81. The van der Waals surface area contributed by atoms with Gasteiger partial charge in [-0.05, 0) is 50.3 Å². The molecule has 0 radical (unpaired) electrons. The molecule has 4 rings (SSSR count). The van der Waals surface area contributed by atoms with Crippen LogP contribution in [0.4, 0.5) is 0 Å². The van der Waals surface area contributed by atoms with Gasteiger partial charge in [-0.3, -0.25) is 4.79 Å². The molecule has 0 saturated carbocycles. The molecule has 2 saturated heterocycles. The van der Waals surface area contributed by atoms with E-state index in [0.29, 0.717) is 18.5 Å². The molecule has 164 valence electrons. The maximum Gasteiger partial charge on any atom is 0.243 e. The second-order valence-corrected chi connectivity index (χ2v) is 10.3. The minimum atomic E-state index is -3.68. The first kappa shape index (κ1) is 21.2. The fraction of sp³-hybridized carbons (Fsp3) is 0.667. The third kappa shape index (κ3) is 4.23. The van der Waals surface area contributed by atoms with Gasteiger partial charge in [-0.25, -0.2) is 13.1 Å². The van der Waals surface area contributed by atoms with Crippen LogP contribution in [-0.2, 0) is 21.4 Å². The average Bonchev–Trinajstić information content (AvgIpc) is 2.97. The smallest absolute Gasteiger partial charge is 0.243 e. The molecule has 1 aromatic carbocycles. The van der Waals surface area contributed by atoms with Crippen LogP contribution in [0.15, 0.2) is 23.1 Å². The summed E-state index contributed by atoms with van der Waals surface area (Å²) in [5.74, 6) is -0.129. The summed E-state index contributed by atoms with van der Waals surface area (Å²) in [5.41, 5.74) is 1.42. The van der Waals surface area contributed by atoms with Crippen LogP contribution in [0.1, 0.15) is 51.9 Å².